The highest BCUT2D eigenvalue weighted by atomic mass is 35.5. The van der Waals surface area contributed by atoms with E-state index in [0.29, 0.717) is 0 Å². The lowest BCUT2D eigenvalue weighted by Crippen LogP contribution is -2.19. The first kappa shape index (κ1) is 17.2. The van der Waals surface area contributed by atoms with Crippen LogP contribution in [0, 0.1) is 0 Å². The molecule has 0 spiro atoms. The molecule has 1 rings (SSSR count). The molecule has 4 nitrogen and oxygen atoms in total. The molecule has 0 aliphatic carbocycles. The molecule has 0 aromatic heterocycles. The average molecular weight is 292 g/mol. The summed E-state index contributed by atoms with van der Waals surface area (Å²) >= 11 is 1.77. The number of hydrogen-bond acceptors (Lipinski definition) is 4. The van der Waals surface area contributed by atoms with Crippen LogP contribution in [0.4, 0.5) is 0 Å². The summed E-state index contributed by atoms with van der Waals surface area (Å²) in [6, 6.07) is 7.65. The van der Waals surface area contributed by atoms with E-state index < -0.39 is 5.97 Å². The maximum atomic E-state index is 10.3. The van der Waals surface area contributed by atoms with E-state index in [0.717, 1.165) is 11.3 Å². The van der Waals surface area contributed by atoms with Crippen LogP contribution in [0.1, 0.15) is 18.5 Å². The first-order valence-electron chi connectivity index (χ1n) is 5.41. The number of carbonyl (C=O) groups is 1. The van der Waals surface area contributed by atoms with E-state index in [2.05, 4.69) is 6.92 Å². The van der Waals surface area contributed by atoms with Gasteiger partial charge in [0.2, 0.25) is 0 Å². The van der Waals surface area contributed by atoms with Crippen molar-refractivity contribution in [3.8, 4) is 0 Å². The van der Waals surface area contributed by atoms with E-state index in [1.54, 1.807) is 11.8 Å². The summed E-state index contributed by atoms with van der Waals surface area (Å²) in [5.41, 5.74) is 6.83. The Kier molecular flexibility index (Phi) is 8.83. The quantitative estimate of drug-likeness (QED) is 0.754. The van der Waals surface area contributed by atoms with Crippen molar-refractivity contribution >= 4 is 30.1 Å². The van der Waals surface area contributed by atoms with Gasteiger partial charge in [-0.1, -0.05) is 19.1 Å². The van der Waals surface area contributed by atoms with Crippen molar-refractivity contribution < 1.29 is 14.6 Å². The van der Waals surface area contributed by atoms with Crippen molar-refractivity contribution in [1.82, 2.24) is 0 Å². The molecule has 6 heteroatoms. The van der Waals surface area contributed by atoms with Gasteiger partial charge in [0, 0.05) is 4.90 Å². The largest absolute Gasteiger partial charge is 0.480 e. The number of benzene rings is 1. The van der Waals surface area contributed by atoms with E-state index >= 15 is 0 Å². The summed E-state index contributed by atoms with van der Waals surface area (Å²) in [5.74, 6) is 0.0551. The molecular formula is C12H18ClNO3S. The number of thioether (sulfide) groups is 1. The SMILES string of the molecule is CCSc1ccc(C(N)COCC(=O)O)cc1.Cl. The number of ether oxygens (including phenoxy) is 1. The Hall–Kier alpha value is -0.750. The van der Waals surface area contributed by atoms with Crippen molar-refractivity contribution in [1.29, 1.82) is 0 Å². The van der Waals surface area contributed by atoms with Crippen molar-refractivity contribution in [2.24, 2.45) is 5.73 Å². The Labute approximate surface area is 117 Å². The second kappa shape index (κ2) is 9.22. The van der Waals surface area contributed by atoms with Gasteiger partial charge in [0.05, 0.1) is 12.6 Å². The lowest BCUT2D eigenvalue weighted by molar-refractivity contribution is -0.142. The first-order valence-corrected chi connectivity index (χ1v) is 6.40. The van der Waals surface area contributed by atoms with Gasteiger partial charge in [0.15, 0.2) is 0 Å². The molecule has 1 aromatic rings. The zero-order chi connectivity index (χ0) is 12.7. The van der Waals surface area contributed by atoms with Crippen molar-refractivity contribution in [2.45, 2.75) is 17.9 Å². The fourth-order valence-corrected chi connectivity index (χ4v) is 2.01. The number of hydrogen-bond donors (Lipinski definition) is 2. The lowest BCUT2D eigenvalue weighted by Gasteiger charge is -2.12. The van der Waals surface area contributed by atoms with Gasteiger partial charge in [0.25, 0.3) is 0 Å². The number of halogens is 1. The molecule has 1 atom stereocenters. The highest BCUT2D eigenvalue weighted by Crippen LogP contribution is 2.20. The van der Waals surface area contributed by atoms with E-state index in [-0.39, 0.29) is 31.7 Å². The van der Waals surface area contributed by atoms with Gasteiger partial charge in [-0.15, -0.1) is 24.2 Å². The van der Waals surface area contributed by atoms with Crippen LogP contribution in [0.5, 0.6) is 0 Å². The summed E-state index contributed by atoms with van der Waals surface area (Å²) in [6.07, 6.45) is 0. The van der Waals surface area contributed by atoms with Gasteiger partial charge in [0.1, 0.15) is 6.61 Å². The van der Waals surface area contributed by atoms with Crippen LogP contribution in [0.3, 0.4) is 0 Å². The molecule has 0 heterocycles. The second-order valence-electron chi connectivity index (χ2n) is 3.52. The normalized spacial score (nSPS) is 11.7. The van der Waals surface area contributed by atoms with Crippen LogP contribution in [0.25, 0.3) is 0 Å². The third-order valence-electron chi connectivity index (χ3n) is 2.14. The number of rotatable bonds is 7. The fraction of sp³-hybridized carbons (Fsp3) is 0.417. The van der Waals surface area contributed by atoms with Crippen molar-refractivity contribution in [2.75, 3.05) is 19.0 Å². The predicted molar refractivity (Wildman–Crippen MR) is 75.5 cm³/mol. The molecular weight excluding hydrogens is 274 g/mol. The zero-order valence-electron chi connectivity index (χ0n) is 10.2. The third kappa shape index (κ3) is 6.26. The summed E-state index contributed by atoms with van der Waals surface area (Å²) in [7, 11) is 0. The summed E-state index contributed by atoms with van der Waals surface area (Å²) in [6.45, 7) is 2.01. The maximum Gasteiger partial charge on any atom is 0.329 e. The standard InChI is InChI=1S/C12H17NO3S.ClH/c1-2-17-10-5-3-9(4-6-10)11(13)7-16-8-12(14)15;/h3-6,11H,2,7-8,13H2,1H3,(H,14,15);1H. The lowest BCUT2D eigenvalue weighted by atomic mass is 10.1. The minimum atomic E-state index is -0.980. The van der Waals surface area contributed by atoms with Crippen LogP contribution in [-0.4, -0.2) is 30.0 Å². The molecule has 3 N–H and O–H groups in total. The highest BCUT2D eigenvalue weighted by Gasteiger charge is 2.07. The molecule has 0 amide bonds. The molecule has 1 unspecified atom stereocenters. The highest BCUT2D eigenvalue weighted by molar-refractivity contribution is 7.99. The van der Waals surface area contributed by atoms with E-state index in [9.17, 15) is 4.79 Å². The fourth-order valence-electron chi connectivity index (χ4n) is 1.35. The van der Waals surface area contributed by atoms with E-state index in [4.69, 9.17) is 15.6 Å². The van der Waals surface area contributed by atoms with Gasteiger partial charge in [-0.3, -0.25) is 0 Å². The molecule has 0 fully saturated rings. The van der Waals surface area contributed by atoms with E-state index in [1.165, 1.54) is 4.90 Å². The molecule has 102 valence electrons. The number of carboxylic acids is 1. The maximum absolute atomic E-state index is 10.3. The molecule has 0 bridgehead atoms. The minimum absolute atomic E-state index is 0. The first-order chi connectivity index (χ1) is 8.13. The van der Waals surface area contributed by atoms with Crippen LogP contribution >= 0.6 is 24.2 Å². The Morgan fingerprint density at radius 3 is 2.56 bits per heavy atom. The van der Waals surface area contributed by atoms with Gasteiger partial charge >= 0.3 is 5.97 Å². The van der Waals surface area contributed by atoms with Crippen LogP contribution in [0.2, 0.25) is 0 Å². The molecule has 18 heavy (non-hydrogen) atoms. The van der Waals surface area contributed by atoms with Gasteiger partial charge in [-0.05, 0) is 23.4 Å². The van der Waals surface area contributed by atoms with Crippen LogP contribution < -0.4 is 5.73 Å². The molecule has 1 aromatic carbocycles. The molecule has 0 saturated heterocycles. The second-order valence-corrected chi connectivity index (χ2v) is 4.85. The van der Waals surface area contributed by atoms with E-state index in [1.807, 2.05) is 24.3 Å². The van der Waals surface area contributed by atoms with Crippen molar-refractivity contribution in [3.05, 3.63) is 29.8 Å². The smallest absolute Gasteiger partial charge is 0.329 e. The zero-order valence-corrected chi connectivity index (χ0v) is 11.8. The van der Waals surface area contributed by atoms with Crippen molar-refractivity contribution in [3.63, 3.8) is 0 Å². The summed E-state index contributed by atoms with van der Waals surface area (Å²) < 4.78 is 4.96. The third-order valence-corrected chi connectivity index (χ3v) is 3.04. The summed E-state index contributed by atoms with van der Waals surface area (Å²) in [4.78, 5) is 11.5. The molecule has 0 aliphatic rings. The van der Waals surface area contributed by atoms with Crippen LogP contribution in [0.15, 0.2) is 29.2 Å². The number of aliphatic carboxylic acids is 1. The monoisotopic (exact) mass is 291 g/mol. The Morgan fingerprint density at radius 1 is 1.44 bits per heavy atom. The predicted octanol–water partition coefficient (Wildman–Crippen LogP) is 2.32. The van der Waals surface area contributed by atoms with Gasteiger partial charge < -0.3 is 15.6 Å². The molecule has 0 aliphatic heterocycles. The minimum Gasteiger partial charge on any atom is -0.480 e. The molecule has 0 saturated carbocycles. The Balaban J connectivity index is 0.00000289. The summed E-state index contributed by atoms with van der Waals surface area (Å²) in [5, 5.41) is 8.42. The topological polar surface area (TPSA) is 72.5 Å². The van der Waals surface area contributed by atoms with Crippen LogP contribution in [-0.2, 0) is 9.53 Å². The number of carboxylic acid groups (broad SMARTS) is 1. The average Bonchev–Trinajstić information content (AvgIpc) is 2.30. The number of nitrogens with two attached hydrogens (primary N) is 1. The Bertz CT molecular complexity index is 359. The molecule has 0 radical (unpaired) electrons. The Morgan fingerprint density at radius 2 is 2.06 bits per heavy atom. The van der Waals surface area contributed by atoms with Gasteiger partial charge in [-0.25, -0.2) is 4.79 Å². The van der Waals surface area contributed by atoms with Gasteiger partial charge in [-0.2, -0.15) is 0 Å².